The van der Waals surface area contributed by atoms with Crippen molar-refractivity contribution in [3.63, 3.8) is 0 Å². The summed E-state index contributed by atoms with van der Waals surface area (Å²) in [6.45, 7) is 2.09. The maximum Gasteiger partial charge on any atom is 0.151 e. The molecule has 2 nitrogen and oxygen atoms in total. The third kappa shape index (κ3) is 1.94. The Bertz CT molecular complexity index is 538. The van der Waals surface area contributed by atoms with Crippen LogP contribution in [0.3, 0.4) is 0 Å². The van der Waals surface area contributed by atoms with E-state index in [1.54, 1.807) is 11.8 Å². The number of Topliss-reactive ketones (excluding diaryl/α,β-unsaturated/α-hetero) is 1. The van der Waals surface area contributed by atoms with Crippen LogP contribution in [-0.4, -0.2) is 22.7 Å². The number of thioether (sulfide) groups is 1. The standard InChI is InChI=1S/C17H20O2S/c1-11-4-6-13(7-5-11)20-16-14(18)10-17-8-2-3-12(17)9-15(16)19-17/h4-7,12,15-16H,2-3,8-10H2,1H3/t12-,15+,16+,17+/m1/s1. The van der Waals surface area contributed by atoms with Crippen molar-refractivity contribution in [3.8, 4) is 0 Å². The van der Waals surface area contributed by atoms with E-state index in [2.05, 4.69) is 31.2 Å². The van der Waals surface area contributed by atoms with Crippen molar-refractivity contribution in [3.05, 3.63) is 29.8 Å². The van der Waals surface area contributed by atoms with Crippen LogP contribution in [0.4, 0.5) is 0 Å². The Morgan fingerprint density at radius 3 is 2.90 bits per heavy atom. The molecule has 0 amide bonds. The van der Waals surface area contributed by atoms with Crippen molar-refractivity contribution in [2.75, 3.05) is 0 Å². The lowest BCUT2D eigenvalue weighted by molar-refractivity contribution is -0.140. The van der Waals surface area contributed by atoms with Crippen LogP contribution < -0.4 is 0 Å². The van der Waals surface area contributed by atoms with Gasteiger partial charge in [-0.25, -0.2) is 0 Å². The highest BCUT2D eigenvalue weighted by atomic mass is 32.2. The van der Waals surface area contributed by atoms with Crippen LogP contribution in [0.15, 0.2) is 29.2 Å². The minimum Gasteiger partial charge on any atom is -0.369 e. The van der Waals surface area contributed by atoms with Gasteiger partial charge in [0.15, 0.2) is 5.78 Å². The van der Waals surface area contributed by atoms with E-state index in [0.29, 0.717) is 18.1 Å². The second-order valence-corrected chi connectivity index (χ2v) is 7.76. The number of hydrogen-bond donors (Lipinski definition) is 0. The first-order valence-electron chi connectivity index (χ1n) is 7.60. The van der Waals surface area contributed by atoms with Crippen molar-refractivity contribution >= 4 is 17.5 Å². The van der Waals surface area contributed by atoms with Crippen molar-refractivity contribution in [2.24, 2.45) is 5.92 Å². The molecule has 2 heterocycles. The van der Waals surface area contributed by atoms with E-state index in [4.69, 9.17) is 4.74 Å². The van der Waals surface area contributed by atoms with E-state index in [0.717, 1.165) is 12.8 Å². The van der Waals surface area contributed by atoms with Gasteiger partial charge in [-0.3, -0.25) is 4.79 Å². The van der Waals surface area contributed by atoms with E-state index in [9.17, 15) is 4.79 Å². The lowest BCUT2D eigenvalue weighted by atomic mass is 9.88. The Morgan fingerprint density at radius 1 is 1.30 bits per heavy atom. The lowest BCUT2D eigenvalue weighted by Crippen LogP contribution is -2.45. The van der Waals surface area contributed by atoms with Crippen LogP contribution in [0.1, 0.15) is 37.7 Å². The molecule has 4 rings (SSSR count). The summed E-state index contributed by atoms with van der Waals surface area (Å²) in [6, 6.07) is 8.46. The van der Waals surface area contributed by atoms with Crippen molar-refractivity contribution in [1.29, 1.82) is 0 Å². The highest BCUT2D eigenvalue weighted by molar-refractivity contribution is 8.00. The minimum atomic E-state index is -0.0634. The Balaban J connectivity index is 1.55. The van der Waals surface area contributed by atoms with Crippen LogP contribution in [0.5, 0.6) is 0 Å². The molecule has 3 heteroatoms. The van der Waals surface area contributed by atoms with E-state index in [1.807, 2.05) is 0 Å². The summed E-state index contributed by atoms with van der Waals surface area (Å²) in [5.41, 5.74) is 1.20. The molecule has 2 saturated heterocycles. The van der Waals surface area contributed by atoms with Crippen molar-refractivity contribution < 1.29 is 9.53 Å². The molecule has 2 bridgehead atoms. The van der Waals surface area contributed by atoms with Crippen molar-refractivity contribution in [1.82, 2.24) is 0 Å². The van der Waals surface area contributed by atoms with Gasteiger partial charge in [0.2, 0.25) is 0 Å². The number of ketones is 1. The SMILES string of the molecule is Cc1ccc(S[C@H]2C(=O)C[C@@]34CCC[C@@H]3C[C@@H]2O4)cc1. The monoisotopic (exact) mass is 288 g/mol. The molecule has 1 spiro atoms. The molecule has 4 atom stereocenters. The van der Waals surface area contributed by atoms with Crippen LogP contribution in [0, 0.1) is 12.8 Å². The summed E-state index contributed by atoms with van der Waals surface area (Å²) in [6.07, 6.45) is 5.48. The van der Waals surface area contributed by atoms with Gasteiger partial charge in [0, 0.05) is 11.3 Å². The van der Waals surface area contributed by atoms with Gasteiger partial charge >= 0.3 is 0 Å². The Hall–Kier alpha value is -0.800. The van der Waals surface area contributed by atoms with E-state index in [-0.39, 0.29) is 17.0 Å². The van der Waals surface area contributed by atoms with E-state index >= 15 is 0 Å². The molecule has 0 N–H and O–H groups in total. The van der Waals surface area contributed by atoms with Gasteiger partial charge < -0.3 is 4.74 Å². The zero-order chi connectivity index (χ0) is 13.7. The van der Waals surface area contributed by atoms with Crippen LogP contribution in [0.2, 0.25) is 0 Å². The molecule has 1 aliphatic carbocycles. The number of rotatable bonds is 2. The smallest absolute Gasteiger partial charge is 0.151 e. The maximum atomic E-state index is 12.6. The zero-order valence-electron chi connectivity index (χ0n) is 11.8. The molecule has 20 heavy (non-hydrogen) atoms. The molecule has 3 aliphatic rings. The van der Waals surface area contributed by atoms with Gasteiger partial charge in [-0.2, -0.15) is 0 Å². The Kier molecular flexibility index (Phi) is 2.97. The van der Waals surface area contributed by atoms with Crippen LogP contribution in [0.25, 0.3) is 0 Å². The predicted molar refractivity (Wildman–Crippen MR) is 80.0 cm³/mol. The largest absolute Gasteiger partial charge is 0.369 e. The zero-order valence-corrected chi connectivity index (χ0v) is 12.6. The molecule has 0 unspecified atom stereocenters. The second-order valence-electron chi connectivity index (χ2n) is 6.54. The van der Waals surface area contributed by atoms with Gasteiger partial charge in [0.05, 0.1) is 17.0 Å². The quantitative estimate of drug-likeness (QED) is 0.829. The average Bonchev–Trinajstić information content (AvgIpc) is 2.90. The predicted octanol–water partition coefficient (Wildman–Crippen LogP) is 3.76. The summed E-state index contributed by atoms with van der Waals surface area (Å²) in [7, 11) is 0. The number of hydrogen-bond acceptors (Lipinski definition) is 3. The maximum absolute atomic E-state index is 12.6. The van der Waals surface area contributed by atoms with E-state index in [1.165, 1.54) is 23.3 Å². The first-order chi connectivity index (χ1) is 9.66. The first kappa shape index (κ1) is 12.9. The molecule has 106 valence electrons. The number of ether oxygens (including phenoxy) is 1. The summed E-state index contributed by atoms with van der Waals surface area (Å²) in [5, 5.41) is 0.00827. The fourth-order valence-electron chi connectivity index (χ4n) is 4.20. The van der Waals surface area contributed by atoms with Gasteiger partial charge in [-0.1, -0.05) is 24.1 Å². The highest BCUT2D eigenvalue weighted by Gasteiger charge is 2.58. The van der Waals surface area contributed by atoms with E-state index < -0.39 is 0 Å². The highest BCUT2D eigenvalue weighted by Crippen LogP contribution is 2.55. The summed E-state index contributed by atoms with van der Waals surface area (Å²) < 4.78 is 6.35. The normalized spacial score (nSPS) is 39.0. The topological polar surface area (TPSA) is 26.3 Å². The lowest BCUT2D eigenvalue weighted by Gasteiger charge is -2.36. The van der Waals surface area contributed by atoms with Gasteiger partial charge in [0.25, 0.3) is 0 Å². The number of fused-ring (bicyclic) bond motifs is 1. The molecule has 1 aromatic carbocycles. The van der Waals surface area contributed by atoms with Crippen LogP contribution >= 0.6 is 11.8 Å². The number of aryl methyl sites for hydroxylation is 1. The van der Waals surface area contributed by atoms with Gasteiger partial charge in [-0.15, -0.1) is 11.8 Å². The Labute approximate surface area is 124 Å². The summed E-state index contributed by atoms with van der Waals surface area (Å²) in [4.78, 5) is 13.7. The molecular weight excluding hydrogens is 268 g/mol. The van der Waals surface area contributed by atoms with Gasteiger partial charge in [0.1, 0.15) is 0 Å². The minimum absolute atomic E-state index is 0.00827. The average molecular weight is 288 g/mol. The fourth-order valence-corrected chi connectivity index (χ4v) is 5.32. The number of carbonyl (C=O) groups is 1. The van der Waals surface area contributed by atoms with Crippen molar-refractivity contribution in [2.45, 2.75) is 60.9 Å². The molecule has 0 aromatic heterocycles. The Morgan fingerprint density at radius 2 is 2.10 bits per heavy atom. The number of carbonyl (C=O) groups excluding carboxylic acids is 1. The summed E-state index contributed by atoms with van der Waals surface area (Å²) >= 11 is 1.70. The molecule has 2 aliphatic heterocycles. The fraction of sp³-hybridized carbons (Fsp3) is 0.588. The van der Waals surface area contributed by atoms with Gasteiger partial charge in [-0.05, 0) is 44.2 Å². The second kappa shape index (κ2) is 4.60. The summed E-state index contributed by atoms with van der Waals surface area (Å²) in [5.74, 6) is 1.05. The first-order valence-corrected chi connectivity index (χ1v) is 8.48. The molecule has 1 saturated carbocycles. The van der Waals surface area contributed by atoms with Crippen LogP contribution in [-0.2, 0) is 9.53 Å². The number of benzene rings is 1. The molecular formula is C17H20O2S. The third-order valence-electron chi connectivity index (χ3n) is 5.21. The third-order valence-corrected chi connectivity index (χ3v) is 6.58. The molecule has 3 fully saturated rings. The molecule has 0 radical (unpaired) electrons. The molecule has 1 aromatic rings.